The number of hydrogen-bond donors (Lipinski definition) is 3. The van der Waals surface area contributed by atoms with E-state index in [9.17, 15) is 39.9 Å². The molecule has 5 nitrogen and oxygen atoms in total. The molecule has 1 aromatic heterocycles. The van der Waals surface area contributed by atoms with Gasteiger partial charge < -0.3 is 10.4 Å². The molecular formula is C17H18F6N2O3S2. The van der Waals surface area contributed by atoms with Gasteiger partial charge in [0.25, 0.3) is 10.0 Å². The number of anilines is 1. The van der Waals surface area contributed by atoms with Crippen molar-refractivity contribution in [1.82, 2.24) is 4.72 Å². The van der Waals surface area contributed by atoms with Crippen molar-refractivity contribution >= 4 is 27.0 Å². The van der Waals surface area contributed by atoms with Gasteiger partial charge in [0.1, 0.15) is 9.75 Å². The van der Waals surface area contributed by atoms with E-state index in [1.165, 1.54) is 13.0 Å². The molecule has 0 aliphatic carbocycles. The fraction of sp³-hybridized carbons (Fsp3) is 0.412. The van der Waals surface area contributed by atoms with Crippen LogP contribution in [0.2, 0.25) is 0 Å². The summed E-state index contributed by atoms with van der Waals surface area (Å²) in [5, 5.41) is 12.7. The first kappa shape index (κ1) is 24.4. The molecule has 0 aliphatic heterocycles. The Morgan fingerprint density at radius 1 is 1.07 bits per heavy atom. The molecule has 13 heteroatoms. The summed E-state index contributed by atoms with van der Waals surface area (Å²) in [6, 6.07) is 4.96. The number of aliphatic hydroxyl groups is 1. The first-order valence-corrected chi connectivity index (χ1v) is 10.6. The maximum absolute atomic E-state index is 13.0. The van der Waals surface area contributed by atoms with E-state index in [1.807, 2.05) is 0 Å². The summed E-state index contributed by atoms with van der Waals surface area (Å²) in [4.78, 5) is 0.257. The van der Waals surface area contributed by atoms with Crippen molar-refractivity contribution < 1.29 is 39.9 Å². The zero-order valence-electron chi connectivity index (χ0n) is 15.8. The molecule has 2 rings (SSSR count). The number of halogens is 6. The van der Waals surface area contributed by atoms with Crippen molar-refractivity contribution in [2.75, 3.05) is 5.32 Å². The molecule has 0 radical (unpaired) electrons. The van der Waals surface area contributed by atoms with Crippen LogP contribution in [0.15, 0.2) is 34.5 Å². The predicted octanol–water partition coefficient (Wildman–Crippen LogP) is 4.80. The number of rotatable bonds is 6. The van der Waals surface area contributed by atoms with Crippen LogP contribution in [0.5, 0.6) is 0 Å². The molecule has 0 saturated heterocycles. The summed E-state index contributed by atoms with van der Waals surface area (Å²) in [5.74, 6) is 0. The van der Waals surface area contributed by atoms with Crippen molar-refractivity contribution in [2.24, 2.45) is 0 Å². The summed E-state index contributed by atoms with van der Waals surface area (Å²) in [6.45, 7) is 2.75. The fourth-order valence-electron chi connectivity index (χ4n) is 2.34. The number of aryl methyl sites for hydroxylation is 1. The van der Waals surface area contributed by atoms with Gasteiger partial charge in [-0.25, -0.2) is 8.42 Å². The zero-order valence-corrected chi connectivity index (χ0v) is 17.4. The normalized spacial score (nSPS) is 14.6. The molecule has 0 bridgehead atoms. The smallest absolute Gasteiger partial charge is 0.369 e. The highest BCUT2D eigenvalue weighted by atomic mass is 32.2. The molecule has 168 valence electrons. The minimum atomic E-state index is -4.85. The van der Waals surface area contributed by atoms with Gasteiger partial charge in [-0.15, -0.1) is 11.3 Å². The standard InChI is InChI=1S/C17H18F6N2O3S2/c1-9-12(14(26)24-11-6-4-5-10(7-11)16(18,19)20)8-13(29-9)30(27,28)25-15(2,3)17(21,22)23/h4-8,14,24-26H,1-3H3. The highest BCUT2D eigenvalue weighted by molar-refractivity contribution is 7.91. The van der Waals surface area contributed by atoms with E-state index in [1.54, 1.807) is 4.72 Å². The van der Waals surface area contributed by atoms with Crippen molar-refractivity contribution in [3.8, 4) is 0 Å². The minimum absolute atomic E-state index is 0.00241. The lowest BCUT2D eigenvalue weighted by molar-refractivity contribution is -0.180. The molecule has 1 atom stereocenters. The van der Waals surface area contributed by atoms with E-state index in [2.05, 4.69) is 5.32 Å². The largest absolute Gasteiger partial charge is 0.416 e. The topological polar surface area (TPSA) is 78.4 Å². The minimum Gasteiger partial charge on any atom is -0.369 e. The first-order valence-electron chi connectivity index (χ1n) is 8.27. The van der Waals surface area contributed by atoms with Crippen molar-refractivity contribution in [3.05, 3.63) is 46.3 Å². The molecule has 0 spiro atoms. The number of alkyl halides is 6. The molecule has 30 heavy (non-hydrogen) atoms. The van der Waals surface area contributed by atoms with Gasteiger partial charge in [0.2, 0.25) is 0 Å². The third kappa shape index (κ3) is 5.45. The van der Waals surface area contributed by atoms with Crippen LogP contribution in [-0.2, 0) is 16.2 Å². The monoisotopic (exact) mass is 476 g/mol. The summed E-state index contributed by atoms with van der Waals surface area (Å²) >= 11 is 0.621. The first-order chi connectivity index (χ1) is 13.4. The highest BCUT2D eigenvalue weighted by Gasteiger charge is 2.50. The second-order valence-corrected chi connectivity index (χ2v) is 10.1. The Labute approximate surface area is 172 Å². The molecule has 0 fully saturated rings. The maximum Gasteiger partial charge on any atom is 0.416 e. The Bertz CT molecular complexity index is 1010. The van der Waals surface area contributed by atoms with Gasteiger partial charge in [0.15, 0.2) is 6.23 Å². The Hall–Kier alpha value is -1.83. The Kier molecular flexibility index (Phi) is 6.53. The van der Waals surface area contributed by atoms with Gasteiger partial charge in [-0.3, -0.25) is 0 Å². The van der Waals surface area contributed by atoms with E-state index in [0.29, 0.717) is 25.2 Å². The van der Waals surface area contributed by atoms with Gasteiger partial charge in [-0.1, -0.05) is 6.07 Å². The molecule has 2 aromatic rings. The number of thiophene rings is 1. The molecule has 1 unspecified atom stereocenters. The summed E-state index contributed by atoms with van der Waals surface area (Å²) < 4.78 is 103. The number of benzene rings is 1. The Balaban J connectivity index is 2.28. The summed E-state index contributed by atoms with van der Waals surface area (Å²) in [5.41, 5.74) is -3.77. The van der Waals surface area contributed by atoms with Gasteiger partial charge in [-0.2, -0.15) is 31.1 Å². The van der Waals surface area contributed by atoms with E-state index >= 15 is 0 Å². The van der Waals surface area contributed by atoms with Crippen LogP contribution >= 0.6 is 11.3 Å². The molecule has 0 aliphatic rings. The number of nitrogens with one attached hydrogen (secondary N) is 2. The van der Waals surface area contributed by atoms with Crippen LogP contribution in [0.4, 0.5) is 32.0 Å². The van der Waals surface area contributed by atoms with E-state index in [4.69, 9.17) is 0 Å². The van der Waals surface area contributed by atoms with Gasteiger partial charge >= 0.3 is 12.4 Å². The third-order valence-corrected chi connectivity index (χ3v) is 7.28. The average molecular weight is 476 g/mol. The van der Waals surface area contributed by atoms with Gasteiger partial charge in [-0.05, 0) is 45.0 Å². The second kappa shape index (κ2) is 8.02. The molecule has 1 heterocycles. The van der Waals surface area contributed by atoms with E-state index < -0.39 is 43.9 Å². The van der Waals surface area contributed by atoms with Crippen molar-refractivity contribution in [1.29, 1.82) is 0 Å². The number of sulfonamides is 1. The lowest BCUT2D eigenvalue weighted by Gasteiger charge is -2.28. The quantitative estimate of drug-likeness (QED) is 0.414. The van der Waals surface area contributed by atoms with Crippen LogP contribution in [-0.4, -0.2) is 25.2 Å². The average Bonchev–Trinajstić information content (AvgIpc) is 2.95. The van der Waals surface area contributed by atoms with E-state index in [0.717, 1.165) is 24.3 Å². The van der Waals surface area contributed by atoms with Crippen LogP contribution in [0.25, 0.3) is 0 Å². The number of aliphatic hydroxyl groups excluding tert-OH is 1. The molecule has 1 aromatic carbocycles. The molecule has 0 saturated carbocycles. The lowest BCUT2D eigenvalue weighted by Crippen LogP contribution is -2.53. The lowest BCUT2D eigenvalue weighted by atomic mass is 10.1. The fourth-order valence-corrected chi connectivity index (χ4v) is 5.22. The van der Waals surface area contributed by atoms with Crippen LogP contribution in [0.3, 0.4) is 0 Å². The van der Waals surface area contributed by atoms with Gasteiger partial charge in [0.05, 0.1) is 5.56 Å². The van der Waals surface area contributed by atoms with Crippen LogP contribution in [0.1, 0.15) is 36.1 Å². The van der Waals surface area contributed by atoms with Gasteiger partial charge in [0, 0.05) is 16.1 Å². The highest BCUT2D eigenvalue weighted by Crippen LogP contribution is 2.35. The third-order valence-electron chi connectivity index (χ3n) is 4.08. The van der Waals surface area contributed by atoms with Crippen molar-refractivity contribution in [3.63, 3.8) is 0 Å². The van der Waals surface area contributed by atoms with Crippen LogP contribution < -0.4 is 10.0 Å². The Morgan fingerprint density at radius 2 is 1.67 bits per heavy atom. The maximum atomic E-state index is 13.0. The van der Waals surface area contributed by atoms with Crippen LogP contribution in [0, 0.1) is 6.92 Å². The predicted molar refractivity (Wildman–Crippen MR) is 99.5 cm³/mol. The molecular weight excluding hydrogens is 458 g/mol. The second-order valence-electron chi connectivity index (χ2n) is 6.93. The molecule has 3 N–H and O–H groups in total. The number of hydrogen-bond acceptors (Lipinski definition) is 5. The summed E-state index contributed by atoms with van der Waals surface area (Å²) in [6.07, 6.45) is -11.0. The SMILES string of the molecule is Cc1sc(S(=O)(=O)NC(C)(C)C(F)(F)F)cc1C(O)Nc1cccc(C(F)(F)F)c1. The summed E-state index contributed by atoms with van der Waals surface area (Å²) in [7, 11) is -4.57. The Morgan fingerprint density at radius 3 is 2.20 bits per heavy atom. The van der Waals surface area contributed by atoms with Crippen molar-refractivity contribution in [2.45, 2.75) is 49.1 Å². The zero-order chi connectivity index (χ0) is 23.1. The molecule has 0 amide bonds. The van der Waals surface area contributed by atoms with E-state index in [-0.39, 0.29) is 16.1 Å².